The van der Waals surface area contributed by atoms with E-state index in [1.54, 1.807) is 0 Å². The van der Waals surface area contributed by atoms with Gasteiger partial charge in [-0.2, -0.15) is 0 Å². The van der Waals surface area contributed by atoms with Gasteiger partial charge in [0.1, 0.15) is 16.2 Å². The molecule has 1 aliphatic rings. The molecule has 0 spiro atoms. The number of hydrogen-bond donors (Lipinski definition) is 1. The maximum absolute atomic E-state index is 4.61. The Balaban J connectivity index is 2.12. The van der Waals surface area contributed by atoms with E-state index in [4.69, 9.17) is 0 Å². The molecule has 0 saturated heterocycles. The predicted octanol–water partition coefficient (Wildman–Crippen LogP) is 4.35. The number of nitrogens with one attached hydrogen (secondary N) is 1. The number of nitrogens with zero attached hydrogens (tertiary/aromatic N) is 2. The fourth-order valence-electron chi connectivity index (χ4n) is 2.49. The Bertz CT molecular complexity index is 406. The standard InChI is InChI=1S/C14H22BrN3/c1-9(2)14-17-12(15)8-13(18-14)16-11-7-5-4-6-10(11)3/h8-11H,4-7H2,1-3H3,(H,16,17,18). The molecule has 18 heavy (non-hydrogen) atoms. The van der Waals surface area contributed by atoms with Crippen molar-refractivity contribution < 1.29 is 0 Å². The summed E-state index contributed by atoms with van der Waals surface area (Å²) < 4.78 is 0.868. The molecular formula is C14H22BrN3. The highest BCUT2D eigenvalue weighted by Crippen LogP contribution is 2.27. The molecule has 100 valence electrons. The van der Waals surface area contributed by atoms with Crippen LogP contribution < -0.4 is 5.32 Å². The van der Waals surface area contributed by atoms with Gasteiger partial charge in [0.05, 0.1) is 0 Å². The first kappa shape index (κ1) is 13.8. The molecule has 1 aromatic heterocycles. The Labute approximate surface area is 118 Å². The second kappa shape index (κ2) is 6.00. The third-order valence-corrected chi connectivity index (χ3v) is 4.08. The van der Waals surface area contributed by atoms with Gasteiger partial charge in [0.25, 0.3) is 0 Å². The molecule has 0 aliphatic heterocycles. The van der Waals surface area contributed by atoms with Crippen LogP contribution >= 0.6 is 15.9 Å². The summed E-state index contributed by atoms with van der Waals surface area (Å²) in [6.07, 6.45) is 5.26. The van der Waals surface area contributed by atoms with E-state index >= 15 is 0 Å². The van der Waals surface area contributed by atoms with Crippen molar-refractivity contribution in [1.82, 2.24) is 9.97 Å². The van der Waals surface area contributed by atoms with Gasteiger partial charge in [-0.05, 0) is 34.7 Å². The molecule has 1 heterocycles. The highest BCUT2D eigenvalue weighted by Gasteiger charge is 2.21. The highest BCUT2D eigenvalue weighted by molar-refractivity contribution is 9.10. The van der Waals surface area contributed by atoms with Crippen molar-refractivity contribution in [3.63, 3.8) is 0 Å². The summed E-state index contributed by atoms with van der Waals surface area (Å²) in [5, 5.41) is 3.59. The van der Waals surface area contributed by atoms with Gasteiger partial charge in [0, 0.05) is 18.0 Å². The van der Waals surface area contributed by atoms with Crippen LogP contribution in [-0.4, -0.2) is 16.0 Å². The Kier molecular flexibility index (Phi) is 4.60. The van der Waals surface area contributed by atoms with Crippen LogP contribution in [-0.2, 0) is 0 Å². The minimum absolute atomic E-state index is 0.354. The van der Waals surface area contributed by atoms with Crippen LogP contribution in [0.1, 0.15) is 58.2 Å². The zero-order valence-corrected chi connectivity index (χ0v) is 13.0. The Morgan fingerprint density at radius 1 is 1.28 bits per heavy atom. The Morgan fingerprint density at radius 2 is 2.00 bits per heavy atom. The van der Waals surface area contributed by atoms with Gasteiger partial charge >= 0.3 is 0 Å². The highest BCUT2D eigenvalue weighted by atomic mass is 79.9. The normalized spacial score (nSPS) is 24.3. The summed E-state index contributed by atoms with van der Waals surface area (Å²) in [6, 6.07) is 2.54. The average Bonchev–Trinajstić information content (AvgIpc) is 2.31. The predicted molar refractivity (Wildman–Crippen MR) is 78.9 cm³/mol. The zero-order valence-electron chi connectivity index (χ0n) is 11.4. The van der Waals surface area contributed by atoms with Gasteiger partial charge in [-0.25, -0.2) is 9.97 Å². The fourth-order valence-corrected chi connectivity index (χ4v) is 2.89. The lowest BCUT2D eigenvalue weighted by molar-refractivity contribution is 0.349. The molecule has 3 nitrogen and oxygen atoms in total. The van der Waals surface area contributed by atoms with E-state index in [0.717, 1.165) is 22.2 Å². The number of halogens is 1. The molecular weight excluding hydrogens is 290 g/mol. The third-order valence-electron chi connectivity index (χ3n) is 3.67. The smallest absolute Gasteiger partial charge is 0.134 e. The lowest BCUT2D eigenvalue weighted by Crippen LogP contribution is -2.30. The first-order valence-electron chi connectivity index (χ1n) is 6.87. The van der Waals surface area contributed by atoms with Gasteiger partial charge in [-0.1, -0.05) is 33.6 Å². The molecule has 1 aliphatic carbocycles. The van der Waals surface area contributed by atoms with Crippen LogP contribution in [0.3, 0.4) is 0 Å². The molecule has 0 aromatic carbocycles. The van der Waals surface area contributed by atoms with Crippen molar-refractivity contribution in [2.24, 2.45) is 5.92 Å². The van der Waals surface area contributed by atoms with E-state index in [9.17, 15) is 0 Å². The molecule has 2 atom stereocenters. The lowest BCUT2D eigenvalue weighted by atomic mass is 9.86. The lowest BCUT2D eigenvalue weighted by Gasteiger charge is -2.30. The van der Waals surface area contributed by atoms with Crippen LogP contribution in [0.2, 0.25) is 0 Å². The Hall–Kier alpha value is -0.640. The molecule has 1 saturated carbocycles. The molecule has 0 radical (unpaired) electrons. The molecule has 4 heteroatoms. The summed E-state index contributed by atoms with van der Waals surface area (Å²) in [4.78, 5) is 9.02. The summed E-state index contributed by atoms with van der Waals surface area (Å²) >= 11 is 3.47. The SMILES string of the molecule is CC(C)c1nc(Br)cc(NC2CCCCC2C)n1. The van der Waals surface area contributed by atoms with Crippen LogP contribution in [0.5, 0.6) is 0 Å². The number of rotatable bonds is 3. The van der Waals surface area contributed by atoms with Gasteiger partial charge in [0.2, 0.25) is 0 Å². The maximum atomic E-state index is 4.61. The third kappa shape index (κ3) is 3.44. The van der Waals surface area contributed by atoms with E-state index in [0.29, 0.717) is 12.0 Å². The van der Waals surface area contributed by atoms with Gasteiger partial charge in [0.15, 0.2) is 0 Å². The van der Waals surface area contributed by atoms with E-state index < -0.39 is 0 Å². The van der Waals surface area contributed by atoms with E-state index in [1.807, 2.05) is 6.07 Å². The summed E-state index contributed by atoms with van der Waals surface area (Å²) in [5.41, 5.74) is 0. The van der Waals surface area contributed by atoms with Crippen LogP contribution in [0.25, 0.3) is 0 Å². The van der Waals surface area contributed by atoms with Crippen molar-refractivity contribution in [1.29, 1.82) is 0 Å². The Morgan fingerprint density at radius 3 is 2.67 bits per heavy atom. The molecule has 0 amide bonds. The monoisotopic (exact) mass is 311 g/mol. The van der Waals surface area contributed by atoms with E-state index in [-0.39, 0.29) is 0 Å². The van der Waals surface area contributed by atoms with Crippen molar-refractivity contribution >= 4 is 21.7 Å². The molecule has 0 bridgehead atoms. The summed E-state index contributed by atoms with van der Waals surface area (Å²) in [6.45, 7) is 6.57. The van der Waals surface area contributed by atoms with Gasteiger partial charge in [-0.15, -0.1) is 0 Å². The molecule has 2 unspecified atom stereocenters. The molecule has 1 aromatic rings. The fraction of sp³-hybridized carbons (Fsp3) is 0.714. The van der Waals surface area contributed by atoms with Crippen LogP contribution in [0.15, 0.2) is 10.7 Å². The molecule has 1 N–H and O–H groups in total. The largest absolute Gasteiger partial charge is 0.367 e. The minimum atomic E-state index is 0.354. The molecule has 1 fully saturated rings. The zero-order chi connectivity index (χ0) is 13.1. The number of aromatic nitrogens is 2. The van der Waals surface area contributed by atoms with E-state index in [1.165, 1.54) is 25.7 Å². The maximum Gasteiger partial charge on any atom is 0.134 e. The quantitative estimate of drug-likeness (QED) is 0.843. The van der Waals surface area contributed by atoms with Crippen molar-refractivity contribution in [3.05, 3.63) is 16.5 Å². The number of anilines is 1. The number of hydrogen-bond acceptors (Lipinski definition) is 3. The first-order chi connectivity index (χ1) is 8.56. The first-order valence-corrected chi connectivity index (χ1v) is 7.66. The average molecular weight is 312 g/mol. The second-order valence-electron chi connectivity index (χ2n) is 5.60. The van der Waals surface area contributed by atoms with Crippen molar-refractivity contribution in [2.75, 3.05) is 5.32 Å². The second-order valence-corrected chi connectivity index (χ2v) is 6.41. The molecule has 2 rings (SSSR count). The summed E-state index contributed by atoms with van der Waals surface area (Å²) in [7, 11) is 0. The minimum Gasteiger partial charge on any atom is -0.367 e. The van der Waals surface area contributed by atoms with Crippen LogP contribution in [0, 0.1) is 5.92 Å². The van der Waals surface area contributed by atoms with E-state index in [2.05, 4.69) is 52.0 Å². The van der Waals surface area contributed by atoms with Crippen molar-refractivity contribution in [3.8, 4) is 0 Å². The topological polar surface area (TPSA) is 37.8 Å². The van der Waals surface area contributed by atoms with Gasteiger partial charge < -0.3 is 5.32 Å². The van der Waals surface area contributed by atoms with Crippen LogP contribution in [0.4, 0.5) is 5.82 Å². The van der Waals surface area contributed by atoms with Crippen molar-refractivity contribution in [2.45, 2.75) is 58.4 Å². The van der Waals surface area contributed by atoms with Gasteiger partial charge in [-0.3, -0.25) is 0 Å². The summed E-state index contributed by atoms with van der Waals surface area (Å²) in [5.74, 6) is 2.94.